The zero-order chi connectivity index (χ0) is 16.1. The molecular formula is C15H16N4O3. The van der Waals surface area contributed by atoms with Crippen LogP contribution in [0.5, 0.6) is 0 Å². The molecule has 1 N–H and O–H groups in total. The molecule has 0 unspecified atom stereocenters. The van der Waals surface area contributed by atoms with Crippen molar-refractivity contribution in [1.29, 1.82) is 0 Å². The molecule has 1 heterocycles. The molecule has 0 saturated heterocycles. The third-order valence-corrected chi connectivity index (χ3v) is 3.36. The predicted octanol–water partition coefficient (Wildman–Crippen LogP) is 3.21. The minimum absolute atomic E-state index is 0.00267. The van der Waals surface area contributed by atoms with E-state index in [0.717, 1.165) is 0 Å². The maximum Gasteiger partial charge on any atom is 0.323 e. The number of pyridine rings is 1. The molecule has 7 nitrogen and oxygen atoms in total. The molecule has 0 radical (unpaired) electrons. The number of carbonyl (C=O) groups is 1. The molecule has 1 atom stereocenters. The van der Waals surface area contributed by atoms with Crippen molar-refractivity contribution >= 4 is 17.5 Å². The number of aromatic nitrogens is 1. The topological polar surface area (TPSA) is 88.4 Å². The van der Waals surface area contributed by atoms with Crippen LogP contribution in [0.25, 0.3) is 0 Å². The van der Waals surface area contributed by atoms with Gasteiger partial charge < -0.3 is 4.90 Å². The van der Waals surface area contributed by atoms with Gasteiger partial charge in [-0.3, -0.25) is 15.4 Å². The fourth-order valence-corrected chi connectivity index (χ4v) is 1.93. The molecule has 0 spiro atoms. The zero-order valence-electron chi connectivity index (χ0n) is 12.3. The van der Waals surface area contributed by atoms with Crippen LogP contribution in [-0.2, 0) is 0 Å². The van der Waals surface area contributed by atoms with Gasteiger partial charge in [-0.15, -0.1) is 0 Å². The third-order valence-electron chi connectivity index (χ3n) is 3.36. The van der Waals surface area contributed by atoms with Crippen LogP contribution in [0.15, 0.2) is 48.7 Å². The molecule has 0 aliphatic rings. The van der Waals surface area contributed by atoms with Crippen LogP contribution in [0.1, 0.15) is 18.5 Å². The van der Waals surface area contributed by atoms with Gasteiger partial charge in [0.1, 0.15) is 5.82 Å². The van der Waals surface area contributed by atoms with Gasteiger partial charge in [-0.1, -0.05) is 18.2 Å². The van der Waals surface area contributed by atoms with E-state index in [4.69, 9.17) is 0 Å². The highest BCUT2D eigenvalue weighted by Crippen LogP contribution is 2.23. The van der Waals surface area contributed by atoms with Gasteiger partial charge in [0.25, 0.3) is 5.69 Å². The molecule has 2 rings (SSSR count). The Balaban J connectivity index is 2.11. The maximum absolute atomic E-state index is 12.2. The molecule has 0 aliphatic carbocycles. The van der Waals surface area contributed by atoms with Crippen molar-refractivity contribution in [1.82, 2.24) is 9.88 Å². The van der Waals surface area contributed by atoms with E-state index >= 15 is 0 Å². The Morgan fingerprint density at radius 1 is 1.32 bits per heavy atom. The highest BCUT2D eigenvalue weighted by molar-refractivity contribution is 5.88. The lowest BCUT2D eigenvalue weighted by atomic mass is 10.1. The molecule has 0 saturated carbocycles. The number of anilines is 1. The number of nitro benzene ring substituents is 1. The van der Waals surface area contributed by atoms with Gasteiger partial charge in [-0.25, -0.2) is 9.78 Å². The van der Waals surface area contributed by atoms with Crippen molar-refractivity contribution in [2.24, 2.45) is 0 Å². The van der Waals surface area contributed by atoms with Gasteiger partial charge in [0.2, 0.25) is 0 Å². The molecule has 1 aromatic heterocycles. The van der Waals surface area contributed by atoms with Crippen LogP contribution in [0.4, 0.5) is 16.3 Å². The summed E-state index contributed by atoms with van der Waals surface area (Å²) in [6.45, 7) is 1.80. The van der Waals surface area contributed by atoms with Crippen molar-refractivity contribution in [3.8, 4) is 0 Å². The number of carbonyl (C=O) groups excluding carboxylic acids is 1. The first kappa shape index (κ1) is 15.4. The van der Waals surface area contributed by atoms with E-state index in [9.17, 15) is 14.9 Å². The Bertz CT molecular complexity index is 675. The zero-order valence-corrected chi connectivity index (χ0v) is 12.3. The second kappa shape index (κ2) is 6.66. The van der Waals surface area contributed by atoms with Crippen molar-refractivity contribution in [2.75, 3.05) is 12.4 Å². The summed E-state index contributed by atoms with van der Waals surface area (Å²) in [4.78, 5) is 28.0. The minimum atomic E-state index is -0.454. The van der Waals surface area contributed by atoms with E-state index in [1.165, 1.54) is 17.0 Å². The second-order valence-electron chi connectivity index (χ2n) is 4.78. The summed E-state index contributed by atoms with van der Waals surface area (Å²) in [6.07, 6.45) is 1.58. The smallest absolute Gasteiger partial charge is 0.321 e. The van der Waals surface area contributed by atoms with E-state index in [0.29, 0.717) is 11.4 Å². The van der Waals surface area contributed by atoms with Crippen LogP contribution in [0.3, 0.4) is 0 Å². The second-order valence-corrected chi connectivity index (χ2v) is 4.78. The van der Waals surface area contributed by atoms with Crippen LogP contribution in [0, 0.1) is 10.1 Å². The monoisotopic (exact) mass is 300 g/mol. The van der Waals surface area contributed by atoms with Gasteiger partial charge in [-0.2, -0.15) is 0 Å². The van der Waals surface area contributed by atoms with Gasteiger partial charge in [0, 0.05) is 25.4 Å². The fourth-order valence-electron chi connectivity index (χ4n) is 1.93. The number of nitrogens with one attached hydrogen (secondary N) is 1. The Hall–Kier alpha value is -2.96. The molecule has 0 fully saturated rings. The lowest BCUT2D eigenvalue weighted by Crippen LogP contribution is -2.33. The quantitative estimate of drug-likeness (QED) is 0.693. The molecule has 0 bridgehead atoms. The predicted molar refractivity (Wildman–Crippen MR) is 82.5 cm³/mol. The van der Waals surface area contributed by atoms with E-state index in [2.05, 4.69) is 10.3 Å². The summed E-state index contributed by atoms with van der Waals surface area (Å²) in [6, 6.07) is 10.8. The lowest BCUT2D eigenvalue weighted by Gasteiger charge is -2.25. The standard InChI is InChI=1S/C15H16N4O3/c1-11(12-6-5-7-13(10-12)19(21)22)18(2)15(20)17-14-8-3-4-9-16-14/h3-11H,1-2H3,(H,16,17,20)/t11-/m1/s1. The lowest BCUT2D eigenvalue weighted by molar-refractivity contribution is -0.384. The fraction of sp³-hybridized carbons (Fsp3) is 0.200. The Morgan fingerprint density at radius 3 is 2.73 bits per heavy atom. The number of hydrogen-bond acceptors (Lipinski definition) is 4. The average Bonchev–Trinajstić information content (AvgIpc) is 2.54. The Kier molecular flexibility index (Phi) is 4.67. The van der Waals surface area contributed by atoms with Crippen LogP contribution >= 0.6 is 0 Å². The van der Waals surface area contributed by atoms with E-state index < -0.39 is 4.92 Å². The summed E-state index contributed by atoms with van der Waals surface area (Å²) in [5.74, 6) is 0.450. The number of amides is 2. The van der Waals surface area contributed by atoms with Crippen molar-refractivity contribution in [3.63, 3.8) is 0 Å². The van der Waals surface area contributed by atoms with Crippen molar-refractivity contribution in [2.45, 2.75) is 13.0 Å². The first-order chi connectivity index (χ1) is 10.5. The molecule has 22 heavy (non-hydrogen) atoms. The van der Waals surface area contributed by atoms with Gasteiger partial charge in [0.15, 0.2) is 0 Å². The molecule has 114 valence electrons. The minimum Gasteiger partial charge on any atom is -0.321 e. The molecule has 1 aromatic carbocycles. The summed E-state index contributed by atoms with van der Waals surface area (Å²) < 4.78 is 0. The van der Waals surface area contributed by atoms with Crippen LogP contribution in [-0.4, -0.2) is 27.9 Å². The molecule has 7 heteroatoms. The number of rotatable bonds is 4. The Labute approximate surface area is 127 Å². The molecule has 2 aromatic rings. The third kappa shape index (κ3) is 3.57. The normalized spacial score (nSPS) is 11.5. The number of benzene rings is 1. The number of nitrogens with zero attached hydrogens (tertiary/aromatic N) is 3. The SMILES string of the molecule is C[C@H](c1cccc([N+](=O)[O-])c1)N(C)C(=O)Nc1ccccn1. The van der Waals surface area contributed by atoms with Gasteiger partial charge in [0.05, 0.1) is 11.0 Å². The van der Waals surface area contributed by atoms with E-state index in [-0.39, 0.29) is 17.8 Å². The summed E-state index contributed by atoms with van der Waals surface area (Å²) in [5, 5.41) is 13.5. The van der Waals surface area contributed by atoms with Gasteiger partial charge in [-0.05, 0) is 24.6 Å². The maximum atomic E-state index is 12.2. The average molecular weight is 300 g/mol. The summed E-state index contributed by atoms with van der Waals surface area (Å²) >= 11 is 0. The number of non-ortho nitro benzene ring substituents is 1. The molecular weight excluding hydrogens is 284 g/mol. The van der Waals surface area contributed by atoms with Crippen LogP contribution in [0.2, 0.25) is 0 Å². The highest BCUT2D eigenvalue weighted by atomic mass is 16.6. The largest absolute Gasteiger partial charge is 0.323 e. The van der Waals surface area contributed by atoms with Crippen molar-refractivity contribution < 1.29 is 9.72 Å². The van der Waals surface area contributed by atoms with E-state index in [1.54, 1.807) is 50.5 Å². The number of hydrogen-bond donors (Lipinski definition) is 1. The summed E-state index contributed by atoms with van der Waals surface area (Å²) in [5.41, 5.74) is 0.691. The van der Waals surface area contributed by atoms with Crippen molar-refractivity contribution in [3.05, 3.63) is 64.3 Å². The highest BCUT2D eigenvalue weighted by Gasteiger charge is 2.19. The number of nitro groups is 1. The van der Waals surface area contributed by atoms with Crippen LogP contribution < -0.4 is 5.32 Å². The molecule has 0 aliphatic heterocycles. The van der Waals surface area contributed by atoms with Gasteiger partial charge >= 0.3 is 6.03 Å². The first-order valence-corrected chi connectivity index (χ1v) is 6.68. The first-order valence-electron chi connectivity index (χ1n) is 6.68. The summed E-state index contributed by atoms with van der Waals surface area (Å²) in [7, 11) is 1.63. The Morgan fingerprint density at radius 2 is 2.09 bits per heavy atom. The number of urea groups is 1. The molecule has 2 amide bonds. The van der Waals surface area contributed by atoms with E-state index in [1.807, 2.05) is 0 Å².